The molecule has 1 unspecified atom stereocenters. The van der Waals surface area contributed by atoms with E-state index in [4.69, 9.17) is 5.84 Å². The molecule has 2 aromatic rings. The highest BCUT2D eigenvalue weighted by molar-refractivity contribution is 5.34. The molecule has 0 saturated heterocycles. The summed E-state index contributed by atoms with van der Waals surface area (Å²) in [5, 5.41) is 0. The van der Waals surface area contributed by atoms with Gasteiger partial charge in [-0.25, -0.2) is 14.2 Å². The summed E-state index contributed by atoms with van der Waals surface area (Å²) in [6, 6.07) is 6.87. The van der Waals surface area contributed by atoms with Gasteiger partial charge in [0.1, 0.15) is 11.6 Å². The molecule has 2 rings (SSSR count). The maximum absolute atomic E-state index is 13.1. The minimum Gasteiger partial charge on any atom is -0.271 e. The lowest BCUT2D eigenvalue weighted by atomic mass is 9.99. The van der Waals surface area contributed by atoms with Gasteiger partial charge in [0.05, 0.1) is 17.9 Å². The summed E-state index contributed by atoms with van der Waals surface area (Å²) in [6.45, 7) is 1.78. The Bertz CT molecular complexity index is 540. The van der Waals surface area contributed by atoms with Crippen LogP contribution in [0.2, 0.25) is 0 Å². The highest BCUT2D eigenvalue weighted by Gasteiger charge is 2.16. The quantitative estimate of drug-likeness (QED) is 0.647. The van der Waals surface area contributed by atoms with E-state index in [2.05, 4.69) is 10.4 Å². The fourth-order valence-electron chi connectivity index (χ4n) is 1.86. The zero-order valence-corrected chi connectivity index (χ0v) is 9.82. The van der Waals surface area contributed by atoms with Gasteiger partial charge >= 0.3 is 0 Å². The van der Waals surface area contributed by atoms with Gasteiger partial charge in [-0.15, -0.1) is 0 Å². The number of nitrogens with two attached hydrogens (primary N) is 1. The molecular formula is C13H13F2N3. The molecule has 3 N–H and O–H groups in total. The number of hydrogen-bond donors (Lipinski definition) is 2. The number of pyridine rings is 1. The monoisotopic (exact) mass is 249 g/mol. The number of nitrogens with zero attached hydrogens (tertiary/aromatic N) is 1. The van der Waals surface area contributed by atoms with Crippen molar-refractivity contribution in [3.8, 4) is 0 Å². The first-order valence-corrected chi connectivity index (χ1v) is 5.45. The van der Waals surface area contributed by atoms with Crippen molar-refractivity contribution in [1.82, 2.24) is 10.4 Å². The molecule has 0 amide bonds. The van der Waals surface area contributed by atoms with Crippen molar-refractivity contribution in [2.45, 2.75) is 13.0 Å². The molecular weight excluding hydrogens is 236 g/mol. The van der Waals surface area contributed by atoms with Crippen molar-refractivity contribution in [2.24, 2.45) is 5.84 Å². The fourth-order valence-corrected chi connectivity index (χ4v) is 1.86. The Morgan fingerprint density at radius 3 is 2.44 bits per heavy atom. The maximum Gasteiger partial charge on any atom is 0.141 e. The molecule has 18 heavy (non-hydrogen) atoms. The van der Waals surface area contributed by atoms with Crippen molar-refractivity contribution in [1.29, 1.82) is 0 Å². The SMILES string of the molecule is Cc1cc(F)ccc1C(NN)c1ccc(F)cn1. The molecule has 0 aliphatic heterocycles. The van der Waals surface area contributed by atoms with E-state index in [1.807, 2.05) is 0 Å². The summed E-state index contributed by atoms with van der Waals surface area (Å²) in [6.07, 6.45) is 1.12. The Balaban J connectivity index is 2.41. The number of halogens is 2. The Morgan fingerprint density at radius 1 is 1.17 bits per heavy atom. The van der Waals surface area contributed by atoms with Crippen LogP contribution in [0.3, 0.4) is 0 Å². The van der Waals surface area contributed by atoms with Crippen molar-refractivity contribution in [3.05, 3.63) is 65.0 Å². The van der Waals surface area contributed by atoms with E-state index in [0.29, 0.717) is 5.69 Å². The Kier molecular flexibility index (Phi) is 3.64. The van der Waals surface area contributed by atoms with Gasteiger partial charge in [-0.05, 0) is 42.3 Å². The summed E-state index contributed by atoms with van der Waals surface area (Å²) >= 11 is 0. The zero-order chi connectivity index (χ0) is 13.1. The molecule has 1 aromatic heterocycles. The predicted octanol–water partition coefficient (Wildman–Crippen LogP) is 2.22. The van der Waals surface area contributed by atoms with Crippen molar-refractivity contribution in [3.63, 3.8) is 0 Å². The number of nitrogens with one attached hydrogen (secondary N) is 1. The molecule has 0 aliphatic rings. The zero-order valence-electron chi connectivity index (χ0n) is 9.82. The molecule has 1 aromatic carbocycles. The summed E-state index contributed by atoms with van der Waals surface area (Å²) in [4.78, 5) is 3.98. The van der Waals surface area contributed by atoms with Crippen molar-refractivity contribution >= 4 is 0 Å². The van der Waals surface area contributed by atoms with Gasteiger partial charge < -0.3 is 0 Å². The van der Waals surface area contributed by atoms with E-state index in [9.17, 15) is 8.78 Å². The summed E-state index contributed by atoms with van der Waals surface area (Å²) in [7, 11) is 0. The lowest BCUT2D eigenvalue weighted by Crippen LogP contribution is -2.30. The maximum atomic E-state index is 13.1. The highest BCUT2D eigenvalue weighted by atomic mass is 19.1. The number of aromatic nitrogens is 1. The third-order valence-electron chi connectivity index (χ3n) is 2.76. The first-order chi connectivity index (χ1) is 8.61. The van der Waals surface area contributed by atoms with Crippen LogP contribution in [-0.2, 0) is 0 Å². The van der Waals surface area contributed by atoms with Crippen LogP contribution in [0.15, 0.2) is 36.5 Å². The van der Waals surface area contributed by atoms with E-state index >= 15 is 0 Å². The highest BCUT2D eigenvalue weighted by Crippen LogP contribution is 2.23. The molecule has 0 fully saturated rings. The van der Waals surface area contributed by atoms with Gasteiger partial charge in [0.2, 0.25) is 0 Å². The minimum atomic E-state index is -0.412. The van der Waals surface area contributed by atoms with Gasteiger partial charge in [-0.1, -0.05) is 6.07 Å². The molecule has 0 bridgehead atoms. The van der Waals surface area contributed by atoms with E-state index in [-0.39, 0.29) is 5.82 Å². The van der Waals surface area contributed by atoms with Crippen LogP contribution in [0.25, 0.3) is 0 Å². The second kappa shape index (κ2) is 5.20. The Hall–Kier alpha value is -1.85. The number of aryl methyl sites for hydroxylation is 1. The smallest absolute Gasteiger partial charge is 0.141 e. The Labute approximate surface area is 104 Å². The topological polar surface area (TPSA) is 50.9 Å². The molecule has 1 heterocycles. The molecule has 0 aliphatic carbocycles. The van der Waals surface area contributed by atoms with Gasteiger partial charge in [-0.3, -0.25) is 10.8 Å². The molecule has 0 spiro atoms. The largest absolute Gasteiger partial charge is 0.271 e. The van der Waals surface area contributed by atoms with Crippen LogP contribution in [0.1, 0.15) is 22.9 Å². The standard InChI is InChI=1S/C13H13F2N3/c1-8-6-9(14)2-4-11(8)13(18-16)12-5-3-10(15)7-17-12/h2-7,13,18H,16H2,1H3. The van der Waals surface area contributed by atoms with E-state index in [1.165, 1.54) is 18.2 Å². The van der Waals surface area contributed by atoms with Gasteiger partial charge in [0.25, 0.3) is 0 Å². The summed E-state index contributed by atoms with van der Waals surface area (Å²) < 4.78 is 25.9. The van der Waals surface area contributed by atoms with Crippen molar-refractivity contribution < 1.29 is 8.78 Å². The molecule has 0 saturated carbocycles. The average molecular weight is 249 g/mol. The number of rotatable bonds is 3. The van der Waals surface area contributed by atoms with Crippen molar-refractivity contribution in [2.75, 3.05) is 0 Å². The number of hydrazine groups is 1. The fraction of sp³-hybridized carbons (Fsp3) is 0.154. The summed E-state index contributed by atoms with van der Waals surface area (Å²) in [5.74, 6) is 4.79. The molecule has 3 nitrogen and oxygen atoms in total. The van der Waals surface area contributed by atoms with E-state index < -0.39 is 11.9 Å². The Morgan fingerprint density at radius 2 is 1.89 bits per heavy atom. The van der Waals surface area contributed by atoms with Crippen LogP contribution in [-0.4, -0.2) is 4.98 Å². The van der Waals surface area contributed by atoms with E-state index in [0.717, 1.165) is 17.3 Å². The van der Waals surface area contributed by atoms with Gasteiger partial charge in [0.15, 0.2) is 0 Å². The summed E-state index contributed by atoms with van der Waals surface area (Å²) in [5.41, 5.74) is 4.74. The molecule has 1 atom stereocenters. The lowest BCUT2D eigenvalue weighted by molar-refractivity contribution is 0.590. The van der Waals surface area contributed by atoms with Gasteiger partial charge in [0, 0.05) is 0 Å². The third kappa shape index (κ3) is 2.52. The number of hydrogen-bond acceptors (Lipinski definition) is 3. The van der Waals surface area contributed by atoms with Gasteiger partial charge in [-0.2, -0.15) is 0 Å². The molecule has 94 valence electrons. The average Bonchev–Trinajstić information content (AvgIpc) is 2.35. The predicted molar refractivity (Wildman–Crippen MR) is 64.5 cm³/mol. The molecule has 0 radical (unpaired) electrons. The first-order valence-electron chi connectivity index (χ1n) is 5.45. The second-order valence-corrected chi connectivity index (χ2v) is 4.00. The molecule has 5 heteroatoms. The first kappa shape index (κ1) is 12.6. The number of benzene rings is 1. The second-order valence-electron chi connectivity index (χ2n) is 4.00. The lowest BCUT2D eigenvalue weighted by Gasteiger charge is -2.18. The van der Waals surface area contributed by atoms with Crippen LogP contribution < -0.4 is 11.3 Å². The van der Waals surface area contributed by atoms with Crippen LogP contribution in [0, 0.1) is 18.6 Å². The van der Waals surface area contributed by atoms with Crippen LogP contribution in [0.4, 0.5) is 8.78 Å². The van der Waals surface area contributed by atoms with Crippen LogP contribution in [0.5, 0.6) is 0 Å². The third-order valence-corrected chi connectivity index (χ3v) is 2.76. The van der Waals surface area contributed by atoms with Crippen LogP contribution >= 0.6 is 0 Å². The minimum absolute atomic E-state index is 0.306. The normalized spacial score (nSPS) is 12.4. The van der Waals surface area contributed by atoms with E-state index in [1.54, 1.807) is 19.1 Å².